The predicted molar refractivity (Wildman–Crippen MR) is 86.5 cm³/mol. The fourth-order valence-corrected chi connectivity index (χ4v) is 3.84. The van der Waals surface area contributed by atoms with Gasteiger partial charge in [-0.15, -0.1) is 0 Å². The minimum Gasteiger partial charge on any atom is -1.00 e. The Kier molecular flexibility index (Phi) is 12.4. The smallest absolute Gasteiger partial charge is 1.00 e. The molecule has 2 aliphatic rings. The van der Waals surface area contributed by atoms with Crippen molar-refractivity contribution in [2.45, 2.75) is 63.2 Å². The van der Waals surface area contributed by atoms with Gasteiger partial charge in [-0.3, -0.25) is 0 Å². The molecule has 4 rings (SSSR count). The second kappa shape index (κ2) is 12.4. The van der Waals surface area contributed by atoms with E-state index in [1.807, 2.05) is 0 Å². The molecule has 0 amide bonds. The molecule has 0 bridgehead atoms. The maximum absolute atomic E-state index is 2.26. The van der Waals surface area contributed by atoms with Crippen molar-refractivity contribution in [3.63, 3.8) is 0 Å². The van der Waals surface area contributed by atoms with E-state index in [4.69, 9.17) is 0 Å². The van der Waals surface area contributed by atoms with Crippen LogP contribution in [0.25, 0.3) is 0 Å². The zero-order chi connectivity index (χ0) is 13.6. The molecule has 0 nitrogen and oxygen atoms in total. The average molecular weight is 385 g/mol. The summed E-state index contributed by atoms with van der Waals surface area (Å²) < 4.78 is 0. The molecule has 2 aliphatic carbocycles. The third-order valence-corrected chi connectivity index (χ3v) is 5.03. The molecule has 0 heterocycles. The molecule has 0 N–H and O–H groups in total. The van der Waals surface area contributed by atoms with E-state index in [-0.39, 0.29) is 46.5 Å². The quantitative estimate of drug-likeness (QED) is 0.510. The molecule has 0 saturated heterocycles. The first-order valence-electron chi connectivity index (χ1n) is 8.37. The van der Waals surface area contributed by atoms with Crippen LogP contribution in [0, 0.1) is 0 Å². The number of halogens is 2. The van der Waals surface area contributed by atoms with E-state index in [9.17, 15) is 0 Å². The molecular weight excluding hydrogens is 359 g/mol. The summed E-state index contributed by atoms with van der Waals surface area (Å²) in [5.74, 6) is 1.80. The van der Waals surface area contributed by atoms with E-state index in [0.29, 0.717) is 0 Å². The zero-order valence-electron chi connectivity index (χ0n) is 13.7. The fourth-order valence-electron chi connectivity index (χ4n) is 3.84. The summed E-state index contributed by atoms with van der Waals surface area (Å²) in [7, 11) is 0. The third-order valence-electron chi connectivity index (χ3n) is 5.03. The third kappa shape index (κ3) is 6.79. The molecule has 0 aromatic heterocycles. The van der Waals surface area contributed by atoms with Crippen LogP contribution < -0.4 is 24.8 Å². The van der Waals surface area contributed by atoms with Gasteiger partial charge in [0.05, 0.1) is 0 Å². The Balaban J connectivity index is 0.000000372. The van der Waals surface area contributed by atoms with Gasteiger partial charge in [0.15, 0.2) is 0 Å². The molecule has 0 atom stereocenters. The largest absolute Gasteiger partial charge is 4.00 e. The SMILES string of the molecule is [Cl-].[Cl-].[Ti+4].c1cc[c-](C2CCCC2)c1.c1cc[c-](C2CCCC2)c1. The summed E-state index contributed by atoms with van der Waals surface area (Å²) in [5, 5.41) is 0. The van der Waals surface area contributed by atoms with E-state index in [2.05, 4.69) is 48.5 Å². The summed E-state index contributed by atoms with van der Waals surface area (Å²) in [6, 6.07) is 17.6. The Hall–Kier alpha value is -0.00571. The molecular formula is C20H26Cl2Ti. The second-order valence-electron chi connectivity index (χ2n) is 6.40. The van der Waals surface area contributed by atoms with Crippen LogP contribution in [0.2, 0.25) is 0 Å². The minimum absolute atomic E-state index is 0. The van der Waals surface area contributed by atoms with E-state index < -0.39 is 0 Å². The van der Waals surface area contributed by atoms with E-state index in [1.165, 1.54) is 51.4 Å². The molecule has 0 radical (unpaired) electrons. The molecule has 2 fully saturated rings. The molecule has 0 spiro atoms. The summed E-state index contributed by atoms with van der Waals surface area (Å²) >= 11 is 0. The van der Waals surface area contributed by atoms with Crippen molar-refractivity contribution in [2.24, 2.45) is 0 Å². The maximum Gasteiger partial charge on any atom is 4.00 e. The van der Waals surface area contributed by atoms with E-state index in [0.717, 1.165) is 11.8 Å². The van der Waals surface area contributed by atoms with Gasteiger partial charge in [-0.05, 0) is 0 Å². The summed E-state index contributed by atoms with van der Waals surface area (Å²) in [6.45, 7) is 0. The number of rotatable bonds is 2. The first-order chi connectivity index (χ1) is 9.93. The van der Waals surface area contributed by atoms with Gasteiger partial charge in [-0.1, -0.05) is 63.2 Å². The minimum atomic E-state index is 0. The molecule has 2 saturated carbocycles. The van der Waals surface area contributed by atoms with Gasteiger partial charge in [0, 0.05) is 0 Å². The van der Waals surface area contributed by atoms with Crippen LogP contribution in [0.5, 0.6) is 0 Å². The van der Waals surface area contributed by atoms with Crippen molar-refractivity contribution in [3.8, 4) is 0 Å². The molecule has 0 aliphatic heterocycles. The molecule has 124 valence electrons. The van der Waals surface area contributed by atoms with Gasteiger partial charge >= 0.3 is 21.7 Å². The Morgan fingerprint density at radius 1 is 0.522 bits per heavy atom. The first kappa shape index (κ1) is 23.0. The maximum atomic E-state index is 2.26. The van der Waals surface area contributed by atoms with Crippen molar-refractivity contribution in [3.05, 3.63) is 59.7 Å². The van der Waals surface area contributed by atoms with Crippen LogP contribution in [-0.4, -0.2) is 0 Å². The van der Waals surface area contributed by atoms with Crippen LogP contribution in [0.15, 0.2) is 48.5 Å². The molecule has 23 heavy (non-hydrogen) atoms. The number of hydrogen-bond acceptors (Lipinski definition) is 0. The van der Waals surface area contributed by atoms with Crippen LogP contribution in [0.1, 0.15) is 74.3 Å². The summed E-state index contributed by atoms with van der Waals surface area (Å²) in [5.41, 5.74) is 3.13. The second-order valence-corrected chi connectivity index (χ2v) is 6.40. The van der Waals surface area contributed by atoms with Crippen molar-refractivity contribution < 1.29 is 46.5 Å². The van der Waals surface area contributed by atoms with Gasteiger partial charge in [-0.25, -0.2) is 24.3 Å². The van der Waals surface area contributed by atoms with Crippen LogP contribution in [0.3, 0.4) is 0 Å². The van der Waals surface area contributed by atoms with E-state index >= 15 is 0 Å². The predicted octanol–water partition coefficient (Wildman–Crippen LogP) is 0.132. The number of hydrogen-bond donors (Lipinski definition) is 0. The fraction of sp³-hybridized carbons (Fsp3) is 0.500. The molecule has 2 aromatic rings. The standard InChI is InChI=1S/2C10H13.2ClH.Ti/c2*1-2-6-9(5-1)10-7-3-4-8-10;;;/h2*1-2,5-6,10H,3-4,7-8H2;2*1H;/q2*-1;;;+4/p-2. The van der Waals surface area contributed by atoms with Gasteiger partial charge in [0.1, 0.15) is 0 Å². The van der Waals surface area contributed by atoms with Crippen LogP contribution in [0.4, 0.5) is 0 Å². The van der Waals surface area contributed by atoms with Crippen LogP contribution in [-0.2, 0) is 21.7 Å². The average Bonchev–Trinajstić information content (AvgIpc) is 3.29. The normalized spacial score (nSPS) is 17.4. The zero-order valence-corrected chi connectivity index (χ0v) is 16.8. The monoisotopic (exact) mass is 384 g/mol. The molecule has 3 heteroatoms. The Bertz CT molecular complexity index is 417. The van der Waals surface area contributed by atoms with Gasteiger partial charge < -0.3 is 24.8 Å². The summed E-state index contributed by atoms with van der Waals surface area (Å²) in [4.78, 5) is 0. The van der Waals surface area contributed by atoms with Crippen molar-refractivity contribution >= 4 is 0 Å². The first-order valence-corrected chi connectivity index (χ1v) is 8.37. The van der Waals surface area contributed by atoms with E-state index in [1.54, 1.807) is 11.1 Å². The molecule has 2 aromatic carbocycles. The van der Waals surface area contributed by atoms with Crippen LogP contribution >= 0.6 is 0 Å². The Morgan fingerprint density at radius 2 is 0.783 bits per heavy atom. The van der Waals surface area contributed by atoms with Gasteiger partial charge in [-0.2, -0.15) is 35.4 Å². The Labute approximate surface area is 168 Å². The Morgan fingerprint density at radius 3 is 1.04 bits per heavy atom. The van der Waals surface area contributed by atoms with Crippen molar-refractivity contribution in [2.75, 3.05) is 0 Å². The summed E-state index contributed by atoms with van der Waals surface area (Å²) in [6.07, 6.45) is 11.4. The topological polar surface area (TPSA) is 0 Å². The molecule has 0 unspecified atom stereocenters. The van der Waals surface area contributed by atoms with Crippen molar-refractivity contribution in [1.29, 1.82) is 0 Å². The van der Waals surface area contributed by atoms with Gasteiger partial charge in [0.2, 0.25) is 0 Å². The van der Waals surface area contributed by atoms with Gasteiger partial charge in [0.25, 0.3) is 0 Å². The van der Waals surface area contributed by atoms with Crippen molar-refractivity contribution in [1.82, 2.24) is 0 Å².